The van der Waals surface area contributed by atoms with Crippen LogP contribution in [0, 0.1) is 11.8 Å². The molecule has 5 nitrogen and oxygen atoms in total. The maximum atomic E-state index is 13.4. The number of hydrogen-bond acceptors (Lipinski definition) is 4. The van der Waals surface area contributed by atoms with E-state index in [0.717, 1.165) is 23.5 Å². The number of nitrogens with zero attached hydrogens (tertiary/aromatic N) is 2. The summed E-state index contributed by atoms with van der Waals surface area (Å²) in [4.78, 5) is 42.8. The largest absolute Gasteiger partial charge is 0.416 e. The number of carbonyl (C=O) groups is 3. The van der Waals surface area contributed by atoms with E-state index in [-0.39, 0.29) is 17.5 Å². The van der Waals surface area contributed by atoms with Crippen molar-refractivity contribution in [3.05, 3.63) is 65.7 Å². The van der Waals surface area contributed by atoms with Crippen molar-refractivity contribution in [1.29, 1.82) is 0 Å². The summed E-state index contributed by atoms with van der Waals surface area (Å²) in [5, 5.41) is 0. The van der Waals surface area contributed by atoms with Crippen LogP contribution in [-0.4, -0.2) is 41.1 Å². The van der Waals surface area contributed by atoms with Gasteiger partial charge < -0.3 is 0 Å². The lowest BCUT2D eigenvalue weighted by Gasteiger charge is -2.27. The van der Waals surface area contributed by atoms with Crippen LogP contribution in [-0.2, 0) is 15.8 Å². The lowest BCUT2D eigenvalue weighted by Crippen LogP contribution is -2.46. The fourth-order valence-corrected chi connectivity index (χ4v) is 5.36. The normalized spacial score (nSPS) is 28.2. The first kappa shape index (κ1) is 19.9. The summed E-state index contributed by atoms with van der Waals surface area (Å²) in [6, 6.07) is 11.8. The zero-order valence-corrected chi connectivity index (χ0v) is 16.4. The van der Waals surface area contributed by atoms with Gasteiger partial charge in [-0.3, -0.25) is 19.3 Å². The lowest BCUT2D eigenvalue weighted by molar-refractivity contribution is -0.137. The number of Topliss-reactive ketones (excluding diaryl/α,β-unsaturated/α-hetero) is 1. The zero-order chi connectivity index (χ0) is 21.9. The van der Waals surface area contributed by atoms with Gasteiger partial charge in [0.2, 0.25) is 11.8 Å². The number of rotatable bonds is 3. The first-order valence-electron chi connectivity index (χ1n) is 10.2. The fraction of sp³-hybridized carbons (Fsp3) is 0.348. The molecular formula is C23H19F3N2O3. The van der Waals surface area contributed by atoms with Gasteiger partial charge in [0.05, 0.1) is 29.1 Å². The second kappa shape index (κ2) is 7.02. The Morgan fingerprint density at radius 3 is 2.35 bits per heavy atom. The number of ketones is 1. The van der Waals surface area contributed by atoms with Crippen LogP contribution in [0.25, 0.3) is 0 Å². The number of hydrogen-bond donors (Lipinski definition) is 0. The smallest absolute Gasteiger partial charge is 0.292 e. The van der Waals surface area contributed by atoms with Crippen LogP contribution in [0.1, 0.15) is 28.8 Å². The number of halogens is 3. The minimum atomic E-state index is -4.59. The molecule has 31 heavy (non-hydrogen) atoms. The van der Waals surface area contributed by atoms with Crippen LogP contribution in [0.3, 0.4) is 0 Å². The van der Waals surface area contributed by atoms with Crippen molar-refractivity contribution in [2.75, 3.05) is 11.4 Å². The molecular weight excluding hydrogens is 409 g/mol. The van der Waals surface area contributed by atoms with E-state index in [9.17, 15) is 27.6 Å². The van der Waals surface area contributed by atoms with E-state index >= 15 is 0 Å². The molecule has 0 aliphatic carbocycles. The van der Waals surface area contributed by atoms with Crippen LogP contribution in [0.4, 0.5) is 18.9 Å². The number of alkyl halides is 3. The highest BCUT2D eigenvalue weighted by atomic mass is 19.4. The van der Waals surface area contributed by atoms with E-state index in [2.05, 4.69) is 0 Å². The molecule has 0 saturated carbocycles. The predicted octanol–water partition coefficient (Wildman–Crippen LogP) is 3.54. The summed E-state index contributed by atoms with van der Waals surface area (Å²) in [5.74, 6) is -2.96. The molecule has 2 amide bonds. The maximum absolute atomic E-state index is 13.4. The summed E-state index contributed by atoms with van der Waals surface area (Å²) in [7, 11) is 0. The van der Waals surface area contributed by atoms with Gasteiger partial charge in [0.1, 0.15) is 0 Å². The molecule has 2 aromatic rings. The summed E-state index contributed by atoms with van der Waals surface area (Å²) < 4.78 is 39.5. The van der Waals surface area contributed by atoms with Crippen molar-refractivity contribution in [3.63, 3.8) is 0 Å². The van der Waals surface area contributed by atoms with Gasteiger partial charge in [0.15, 0.2) is 5.78 Å². The Hall–Kier alpha value is -3.00. The Morgan fingerprint density at radius 1 is 0.935 bits per heavy atom. The number of fused-ring (bicyclic) bond motifs is 3. The Morgan fingerprint density at radius 2 is 1.65 bits per heavy atom. The SMILES string of the molecule is O=C(c1ccccc1)[C@@H]1[C@@H]2C(=O)N(c3cccc(C(F)(F)F)c3)C(=O)[C@H]2[C@@H]2CCCN12. The standard InChI is InChI=1S/C23H19F3N2O3/c24-23(25,26)14-8-4-9-15(12-14)28-21(30)17-16-10-5-11-27(16)19(18(17)22(28)31)20(29)13-6-2-1-3-7-13/h1-4,6-9,12,16-19H,5,10-11H2/t16-,17-,18+,19-/m0/s1. The number of amides is 2. The van der Waals surface area contributed by atoms with Crippen molar-refractivity contribution < 1.29 is 27.6 Å². The van der Waals surface area contributed by atoms with E-state index in [1.165, 1.54) is 12.1 Å². The van der Waals surface area contributed by atoms with Gasteiger partial charge >= 0.3 is 6.18 Å². The second-order valence-electron chi connectivity index (χ2n) is 8.23. The van der Waals surface area contributed by atoms with Gasteiger partial charge in [-0.05, 0) is 37.6 Å². The van der Waals surface area contributed by atoms with Crippen LogP contribution in [0.15, 0.2) is 54.6 Å². The molecule has 160 valence electrons. The molecule has 3 heterocycles. The van der Waals surface area contributed by atoms with Gasteiger partial charge in [0.25, 0.3) is 0 Å². The number of benzene rings is 2. The van der Waals surface area contributed by atoms with Crippen molar-refractivity contribution >= 4 is 23.3 Å². The van der Waals surface area contributed by atoms with Crippen LogP contribution in [0.5, 0.6) is 0 Å². The van der Waals surface area contributed by atoms with E-state index in [4.69, 9.17) is 0 Å². The molecule has 3 saturated heterocycles. The minimum absolute atomic E-state index is 0.102. The molecule has 3 fully saturated rings. The Balaban J connectivity index is 1.55. The lowest BCUT2D eigenvalue weighted by atomic mass is 9.85. The summed E-state index contributed by atoms with van der Waals surface area (Å²) in [5.41, 5.74) is -0.576. The third kappa shape index (κ3) is 3.00. The molecule has 0 spiro atoms. The summed E-state index contributed by atoms with van der Waals surface area (Å²) in [6.45, 7) is 0.616. The number of carbonyl (C=O) groups excluding carboxylic acids is 3. The number of anilines is 1. The first-order valence-corrected chi connectivity index (χ1v) is 10.2. The fourth-order valence-electron chi connectivity index (χ4n) is 5.36. The highest BCUT2D eigenvalue weighted by Crippen LogP contribution is 2.48. The third-order valence-corrected chi connectivity index (χ3v) is 6.61. The molecule has 3 aliphatic rings. The maximum Gasteiger partial charge on any atom is 0.416 e. The van der Waals surface area contributed by atoms with Crippen LogP contribution < -0.4 is 4.90 Å². The summed E-state index contributed by atoms with van der Waals surface area (Å²) in [6.07, 6.45) is -3.11. The van der Waals surface area contributed by atoms with Gasteiger partial charge in [-0.1, -0.05) is 36.4 Å². The van der Waals surface area contributed by atoms with E-state index in [0.29, 0.717) is 18.5 Å². The van der Waals surface area contributed by atoms with Crippen LogP contribution in [0.2, 0.25) is 0 Å². The Labute approximate surface area is 176 Å². The minimum Gasteiger partial charge on any atom is -0.292 e. The van der Waals surface area contributed by atoms with Gasteiger partial charge in [-0.15, -0.1) is 0 Å². The van der Waals surface area contributed by atoms with Crippen molar-refractivity contribution in [1.82, 2.24) is 4.90 Å². The zero-order valence-electron chi connectivity index (χ0n) is 16.4. The molecule has 0 aromatic heterocycles. The molecule has 4 atom stereocenters. The number of imide groups is 1. The molecule has 2 aromatic carbocycles. The molecule has 0 radical (unpaired) electrons. The molecule has 5 rings (SSSR count). The Kier molecular flexibility index (Phi) is 4.51. The highest BCUT2D eigenvalue weighted by Gasteiger charge is 2.64. The van der Waals surface area contributed by atoms with Crippen molar-refractivity contribution in [2.45, 2.75) is 31.1 Å². The quantitative estimate of drug-likeness (QED) is 0.554. The van der Waals surface area contributed by atoms with Crippen molar-refractivity contribution in [2.24, 2.45) is 11.8 Å². The average Bonchev–Trinajstić information content (AvgIpc) is 3.40. The topological polar surface area (TPSA) is 57.7 Å². The van der Waals surface area contributed by atoms with E-state index in [1.54, 1.807) is 30.3 Å². The molecule has 0 bridgehead atoms. The van der Waals surface area contributed by atoms with Crippen LogP contribution >= 0.6 is 0 Å². The molecule has 0 unspecified atom stereocenters. The molecule has 8 heteroatoms. The Bertz CT molecular complexity index is 1070. The van der Waals surface area contributed by atoms with E-state index < -0.39 is 41.4 Å². The average molecular weight is 428 g/mol. The van der Waals surface area contributed by atoms with Gasteiger partial charge in [-0.2, -0.15) is 13.2 Å². The predicted molar refractivity (Wildman–Crippen MR) is 105 cm³/mol. The molecule has 0 N–H and O–H groups in total. The molecule has 3 aliphatic heterocycles. The van der Waals surface area contributed by atoms with Gasteiger partial charge in [0, 0.05) is 11.6 Å². The first-order chi connectivity index (χ1) is 14.8. The highest BCUT2D eigenvalue weighted by molar-refractivity contribution is 6.24. The van der Waals surface area contributed by atoms with Gasteiger partial charge in [-0.25, -0.2) is 4.90 Å². The van der Waals surface area contributed by atoms with Crippen molar-refractivity contribution in [3.8, 4) is 0 Å². The summed E-state index contributed by atoms with van der Waals surface area (Å²) >= 11 is 0. The van der Waals surface area contributed by atoms with E-state index in [1.807, 2.05) is 4.90 Å². The monoisotopic (exact) mass is 428 g/mol. The third-order valence-electron chi connectivity index (χ3n) is 6.61. The second-order valence-corrected chi connectivity index (χ2v) is 8.23.